The van der Waals surface area contributed by atoms with E-state index in [4.69, 9.17) is 0 Å². The second-order valence-electron chi connectivity index (χ2n) is 7.43. The van der Waals surface area contributed by atoms with Gasteiger partial charge in [0.05, 0.1) is 4.90 Å². The highest BCUT2D eigenvalue weighted by Crippen LogP contribution is 2.35. The molecule has 0 radical (unpaired) electrons. The van der Waals surface area contributed by atoms with Crippen molar-refractivity contribution < 1.29 is 22.9 Å². The number of amides is 1. The SMILES string of the molecule is CCN(CC)c1ccc(C2N(C(=O)C/[N+]([O-])=N/OC)CCN2S(=O)(=O)c2ccccc2)cc1. The van der Waals surface area contributed by atoms with Gasteiger partial charge in [-0.25, -0.2) is 8.42 Å². The maximum absolute atomic E-state index is 13.4. The summed E-state index contributed by atoms with van der Waals surface area (Å²) >= 11 is 0. The summed E-state index contributed by atoms with van der Waals surface area (Å²) in [5.74, 6) is -0.547. The van der Waals surface area contributed by atoms with Crippen LogP contribution in [-0.2, 0) is 19.7 Å². The number of carbonyl (C=O) groups is 1. The maximum atomic E-state index is 13.4. The third-order valence-corrected chi connectivity index (χ3v) is 7.43. The van der Waals surface area contributed by atoms with Crippen LogP contribution in [0.2, 0.25) is 0 Å². The molecule has 1 saturated heterocycles. The molecule has 178 valence electrons. The average Bonchev–Trinajstić information content (AvgIpc) is 3.27. The smallest absolute Gasteiger partial charge is 0.293 e. The first-order chi connectivity index (χ1) is 15.8. The number of hydrogen-bond acceptors (Lipinski definition) is 7. The molecular formula is C22H29N5O5S. The molecule has 0 aromatic heterocycles. The van der Waals surface area contributed by atoms with Crippen LogP contribution >= 0.6 is 0 Å². The zero-order valence-corrected chi connectivity index (χ0v) is 19.8. The van der Waals surface area contributed by atoms with Gasteiger partial charge in [-0.05, 0) is 48.5 Å². The summed E-state index contributed by atoms with van der Waals surface area (Å²) in [6.45, 7) is 5.45. The first-order valence-corrected chi connectivity index (χ1v) is 12.2. The van der Waals surface area contributed by atoms with Crippen molar-refractivity contribution in [3.05, 3.63) is 65.4 Å². The van der Waals surface area contributed by atoms with Gasteiger partial charge < -0.3 is 19.8 Å². The van der Waals surface area contributed by atoms with E-state index in [1.165, 1.54) is 28.4 Å². The monoisotopic (exact) mass is 475 g/mol. The Morgan fingerprint density at radius 2 is 1.76 bits per heavy atom. The summed E-state index contributed by atoms with van der Waals surface area (Å²) in [6.07, 6.45) is -0.885. The molecule has 0 spiro atoms. The second kappa shape index (κ2) is 10.6. The van der Waals surface area contributed by atoms with E-state index >= 15 is 0 Å². The predicted octanol–water partition coefficient (Wildman–Crippen LogP) is 2.59. The summed E-state index contributed by atoms with van der Waals surface area (Å²) in [7, 11) is -2.68. The van der Waals surface area contributed by atoms with Crippen molar-refractivity contribution in [2.75, 3.05) is 44.7 Å². The normalized spacial score (nSPS) is 17.2. The quantitative estimate of drug-likeness (QED) is 0.313. The Kier molecular flexibility index (Phi) is 7.88. The van der Waals surface area contributed by atoms with Crippen molar-refractivity contribution in [1.82, 2.24) is 9.21 Å². The number of nitrogens with zero attached hydrogens (tertiary/aromatic N) is 5. The Bertz CT molecular complexity index is 1070. The highest BCUT2D eigenvalue weighted by molar-refractivity contribution is 7.89. The van der Waals surface area contributed by atoms with Crippen molar-refractivity contribution in [3.8, 4) is 0 Å². The lowest BCUT2D eigenvalue weighted by Crippen LogP contribution is -2.40. The van der Waals surface area contributed by atoms with Crippen LogP contribution in [-0.4, -0.2) is 68.2 Å². The van der Waals surface area contributed by atoms with Gasteiger partial charge in [-0.2, -0.15) is 4.31 Å². The average molecular weight is 476 g/mol. The molecule has 0 bridgehead atoms. The molecule has 1 unspecified atom stereocenters. The molecule has 33 heavy (non-hydrogen) atoms. The van der Waals surface area contributed by atoms with Gasteiger partial charge in [-0.15, -0.1) is 0 Å². The summed E-state index contributed by atoms with van der Waals surface area (Å²) in [5, 5.41) is 15.0. The van der Waals surface area contributed by atoms with Gasteiger partial charge in [-0.3, -0.25) is 4.79 Å². The van der Waals surface area contributed by atoms with Crippen LogP contribution in [0.5, 0.6) is 0 Å². The molecule has 1 heterocycles. The van der Waals surface area contributed by atoms with E-state index in [1.807, 2.05) is 24.3 Å². The van der Waals surface area contributed by atoms with E-state index < -0.39 is 28.6 Å². The molecule has 10 nitrogen and oxygen atoms in total. The molecule has 11 heteroatoms. The van der Waals surface area contributed by atoms with Crippen LogP contribution in [0.25, 0.3) is 0 Å². The van der Waals surface area contributed by atoms with E-state index in [-0.39, 0.29) is 22.8 Å². The van der Waals surface area contributed by atoms with Crippen molar-refractivity contribution in [1.29, 1.82) is 0 Å². The molecule has 1 aliphatic rings. The van der Waals surface area contributed by atoms with Crippen LogP contribution in [0.15, 0.2) is 64.8 Å². The molecule has 1 amide bonds. The van der Waals surface area contributed by atoms with Crippen LogP contribution in [0.4, 0.5) is 5.69 Å². The number of carbonyl (C=O) groups excluding carboxylic acids is 1. The molecule has 2 aromatic rings. The molecule has 1 atom stereocenters. The van der Waals surface area contributed by atoms with E-state index in [1.54, 1.807) is 18.2 Å². The Hall–Kier alpha value is -3.18. The Balaban J connectivity index is 2.00. The first-order valence-electron chi connectivity index (χ1n) is 10.7. The molecule has 3 rings (SSSR count). The van der Waals surface area contributed by atoms with Crippen LogP contribution in [0.1, 0.15) is 25.6 Å². The van der Waals surface area contributed by atoms with Crippen LogP contribution < -0.4 is 4.90 Å². The fraction of sp³-hybridized carbons (Fsp3) is 0.409. The molecule has 0 aliphatic carbocycles. The van der Waals surface area contributed by atoms with Gasteiger partial charge in [0.15, 0.2) is 5.28 Å². The van der Waals surface area contributed by atoms with Gasteiger partial charge >= 0.3 is 0 Å². The Labute approximate surface area is 194 Å². The molecule has 1 aliphatic heterocycles. The Morgan fingerprint density at radius 3 is 2.33 bits per heavy atom. The van der Waals surface area contributed by atoms with E-state index in [9.17, 15) is 18.4 Å². The summed E-state index contributed by atoms with van der Waals surface area (Å²) in [6, 6.07) is 15.6. The number of sulfonamides is 1. The van der Waals surface area contributed by atoms with Gasteiger partial charge in [0, 0.05) is 31.9 Å². The molecule has 0 N–H and O–H groups in total. The van der Waals surface area contributed by atoms with Crippen molar-refractivity contribution in [2.24, 2.45) is 5.28 Å². The lowest BCUT2D eigenvalue weighted by molar-refractivity contribution is -0.547. The number of rotatable bonds is 9. The minimum atomic E-state index is -3.89. The lowest BCUT2D eigenvalue weighted by atomic mass is 10.1. The standard InChI is InChI=1S/C22H29N5O5S/c1-4-24(5-2)19-13-11-18(12-14-19)22-25(21(28)17-27(29)23-32-3)15-16-26(22)33(30,31)20-9-7-6-8-10-20/h6-14,22H,4-5,15-17H2,1-3H3/b27-23-. The fourth-order valence-electron chi connectivity index (χ4n) is 3.97. The van der Waals surface area contributed by atoms with Gasteiger partial charge in [0.1, 0.15) is 13.3 Å². The van der Waals surface area contributed by atoms with Crippen LogP contribution in [0, 0.1) is 5.21 Å². The zero-order valence-electron chi connectivity index (χ0n) is 19.0. The summed E-state index contributed by atoms with van der Waals surface area (Å²) in [4.78, 5) is 21.2. The topological polar surface area (TPSA) is 109 Å². The predicted molar refractivity (Wildman–Crippen MR) is 123 cm³/mol. The van der Waals surface area contributed by atoms with E-state index in [2.05, 4.69) is 28.9 Å². The van der Waals surface area contributed by atoms with Crippen molar-refractivity contribution in [3.63, 3.8) is 0 Å². The maximum Gasteiger partial charge on any atom is 0.293 e. The lowest BCUT2D eigenvalue weighted by Gasteiger charge is -2.30. The van der Waals surface area contributed by atoms with Gasteiger partial charge in [-0.1, -0.05) is 30.3 Å². The van der Waals surface area contributed by atoms with Crippen molar-refractivity contribution in [2.45, 2.75) is 24.9 Å². The fourth-order valence-corrected chi connectivity index (χ4v) is 5.56. The first kappa shape index (κ1) is 24.5. The third kappa shape index (κ3) is 5.25. The minimum Gasteiger partial charge on any atom is -0.597 e. The molecule has 0 saturated carbocycles. The van der Waals surface area contributed by atoms with E-state index in [0.717, 1.165) is 18.8 Å². The molecule has 1 fully saturated rings. The van der Waals surface area contributed by atoms with Crippen LogP contribution in [0.3, 0.4) is 0 Å². The molecular weight excluding hydrogens is 446 g/mol. The number of anilines is 1. The summed E-state index contributed by atoms with van der Waals surface area (Å²) < 4.78 is 28.2. The second-order valence-corrected chi connectivity index (χ2v) is 9.32. The summed E-state index contributed by atoms with van der Waals surface area (Å²) in [5.41, 5.74) is 1.64. The Morgan fingerprint density at radius 1 is 1.12 bits per heavy atom. The minimum absolute atomic E-state index is 0.103. The van der Waals surface area contributed by atoms with E-state index in [0.29, 0.717) is 5.56 Å². The molecule has 2 aromatic carbocycles. The largest absolute Gasteiger partial charge is 0.597 e. The third-order valence-electron chi connectivity index (χ3n) is 5.56. The number of hydroxylamine groups is 1. The number of hydrogen-bond donors (Lipinski definition) is 0. The van der Waals surface area contributed by atoms with Gasteiger partial charge in [0.2, 0.25) is 10.0 Å². The zero-order chi connectivity index (χ0) is 24.0. The number of benzene rings is 2. The van der Waals surface area contributed by atoms with Crippen molar-refractivity contribution >= 4 is 21.6 Å². The highest BCUT2D eigenvalue weighted by atomic mass is 32.2. The van der Waals surface area contributed by atoms with Gasteiger partial charge in [0.25, 0.3) is 12.5 Å². The highest BCUT2D eigenvalue weighted by Gasteiger charge is 2.44.